The molecule has 0 bridgehead atoms. The molecule has 5 heterocycles. The van der Waals surface area contributed by atoms with Gasteiger partial charge in [-0.3, -0.25) is 9.36 Å². The van der Waals surface area contributed by atoms with E-state index in [1.54, 1.807) is 45.9 Å². The van der Waals surface area contributed by atoms with Crippen LogP contribution in [-0.2, 0) is 38.4 Å². The highest BCUT2D eigenvalue weighted by molar-refractivity contribution is 5.92. The average molecular weight is 626 g/mol. The smallest absolute Gasteiger partial charge is 0.335 e. The number of hydrogen-bond donors (Lipinski definition) is 1. The Morgan fingerprint density at radius 1 is 1.09 bits per heavy atom. The van der Waals surface area contributed by atoms with Gasteiger partial charge in [0.2, 0.25) is 5.88 Å². The van der Waals surface area contributed by atoms with Gasteiger partial charge in [0.1, 0.15) is 29.8 Å². The number of carboxylic acids is 1. The quantitative estimate of drug-likeness (QED) is 0.221. The molecule has 0 unspecified atom stereocenters. The van der Waals surface area contributed by atoms with Gasteiger partial charge in [0.25, 0.3) is 0 Å². The van der Waals surface area contributed by atoms with Crippen LogP contribution in [0.15, 0.2) is 67.0 Å². The van der Waals surface area contributed by atoms with E-state index in [-0.39, 0.29) is 47.4 Å². The first-order valence-electron chi connectivity index (χ1n) is 14.7. The molecule has 0 saturated carbocycles. The molecular formula is C33H29F2N7O4. The summed E-state index contributed by atoms with van der Waals surface area (Å²) in [7, 11) is 3.67. The van der Waals surface area contributed by atoms with E-state index in [1.807, 2.05) is 30.9 Å². The summed E-state index contributed by atoms with van der Waals surface area (Å²) >= 11 is 0. The van der Waals surface area contributed by atoms with Crippen LogP contribution < -0.4 is 4.74 Å². The van der Waals surface area contributed by atoms with Crippen molar-refractivity contribution in [2.45, 2.75) is 32.1 Å². The highest BCUT2D eigenvalue weighted by Crippen LogP contribution is 2.29. The Labute approximate surface area is 261 Å². The third-order valence-electron chi connectivity index (χ3n) is 8.04. The van der Waals surface area contributed by atoms with Crippen LogP contribution in [0.1, 0.15) is 33.9 Å². The van der Waals surface area contributed by atoms with E-state index >= 15 is 8.78 Å². The van der Waals surface area contributed by atoms with Crippen LogP contribution in [0.25, 0.3) is 33.5 Å². The van der Waals surface area contributed by atoms with Crippen molar-refractivity contribution in [3.63, 3.8) is 0 Å². The van der Waals surface area contributed by atoms with Gasteiger partial charge in [-0.1, -0.05) is 6.07 Å². The van der Waals surface area contributed by atoms with Gasteiger partial charge < -0.3 is 19.1 Å². The van der Waals surface area contributed by atoms with E-state index in [4.69, 9.17) is 9.47 Å². The Morgan fingerprint density at radius 3 is 2.67 bits per heavy atom. The van der Waals surface area contributed by atoms with Crippen molar-refractivity contribution in [1.82, 2.24) is 34.1 Å². The molecule has 11 nitrogen and oxygen atoms in total. The third kappa shape index (κ3) is 5.72. The molecule has 46 heavy (non-hydrogen) atoms. The molecular weight excluding hydrogens is 596 g/mol. The number of rotatable bonds is 10. The minimum absolute atomic E-state index is 0.00543. The maximum Gasteiger partial charge on any atom is 0.335 e. The van der Waals surface area contributed by atoms with Gasteiger partial charge in [-0.2, -0.15) is 10.2 Å². The van der Waals surface area contributed by atoms with Crippen LogP contribution in [0.5, 0.6) is 5.88 Å². The molecule has 0 spiro atoms. The van der Waals surface area contributed by atoms with E-state index in [9.17, 15) is 9.90 Å². The molecule has 0 amide bonds. The second-order valence-corrected chi connectivity index (χ2v) is 11.2. The molecule has 234 valence electrons. The van der Waals surface area contributed by atoms with Crippen molar-refractivity contribution in [1.29, 1.82) is 0 Å². The SMILES string of the molecule is Cn1cc(-c2cc(COc3cccc(-c4cc(F)c(Cc5nc6ccc(C(=O)O)cc6n5C[C@@H]5CCO5)cc4F)n3)nn2C)cn1. The lowest BCUT2D eigenvalue weighted by Crippen LogP contribution is -2.31. The first-order chi connectivity index (χ1) is 22.2. The number of ether oxygens (including phenoxy) is 2. The molecule has 4 aromatic heterocycles. The highest BCUT2D eigenvalue weighted by Gasteiger charge is 2.24. The van der Waals surface area contributed by atoms with Crippen molar-refractivity contribution in [2.75, 3.05) is 6.61 Å². The standard InChI is InChI=1S/C33H29F2N7O4/c1-40-16-21(15-36-40)29-13-22(39-41(29)2)18-46-32-5-3-4-27(38-32)24-14-25(34)20(10-26(24)35)12-31-37-28-7-6-19(33(43)44)11-30(28)42(31)17-23-8-9-45-23/h3-7,10-11,13-16,23H,8-9,12,17-18H2,1-2H3,(H,43,44)/t23-/m0/s1. The predicted octanol–water partition coefficient (Wildman–Crippen LogP) is 5.17. The normalized spacial score (nSPS) is 14.5. The minimum Gasteiger partial charge on any atom is -0.478 e. The van der Waals surface area contributed by atoms with E-state index in [1.165, 1.54) is 6.07 Å². The van der Waals surface area contributed by atoms with Gasteiger partial charge >= 0.3 is 5.97 Å². The van der Waals surface area contributed by atoms with Gasteiger partial charge in [0, 0.05) is 50.5 Å². The lowest BCUT2D eigenvalue weighted by Gasteiger charge is -2.27. The molecule has 1 saturated heterocycles. The fourth-order valence-electron chi connectivity index (χ4n) is 5.58. The van der Waals surface area contributed by atoms with Crippen LogP contribution in [0, 0.1) is 11.6 Å². The zero-order valence-corrected chi connectivity index (χ0v) is 25.0. The maximum absolute atomic E-state index is 15.6. The third-order valence-corrected chi connectivity index (χ3v) is 8.04. The van der Waals surface area contributed by atoms with E-state index < -0.39 is 17.6 Å². The Kier molecular flexibility index (Phi) is 7.53. The minimum atomic E-state index is -1.06. The van der Waals surface area contributed by atoms with Crippen molar-refractivity contribution in [2.24, 2.45) is 14.1 Å². The molecule has 7 rings (SSSR count). The summed E-state index contributed by atoms with van der Waals surface area (Å²) in [5, 5.41) is 18.2. The summed E-state index contributed by atoms with van der Waals surface area (Å²) in [6, 6.07) is 13.7. The summed E-state index contributed by atoms with van der Waals surface area (Å²) < 4.78 is 47.9. The monoisotopic (exact) mass is 625 g/mol. The van der Waals surface area contributed by atoms with Crippen LogP contribution in [0.4, 0.5) is 8.78 Å². The number of benzene rings is 2. The second kappa shape index (κ2) is 11.8. The first-order valence-corrected chi connectivity index (χ1v) is 14.7. The number of fused-ring (bicyclic) bond motifs is 1. The number of aromatic carboxylic acids is 1. The number of halogens is 2. The zero-order chi connectivity index (χ0) is 31.9. The maximum atomic E-state index is 15.6. The molecule has 6 aromatic rings. The number of aryl methyl sites for hydroxylation is 2. The second-order valence-electron chi connectivity index (χ2n) is 11.2. The summed E-state index contributed by atoms with van der Waals surface area (Å²) in [6.07, 6.45) is 4.43. The molecule has 0 radical (unpaired) electrons. The number of pyridine rings is 1. The van der Waals surface area contributed by atoms with Crippen LogP contribution in [0.3, 0.4) is 0 Å². The average Bonchev–Trinajstić information content (AvgIpc) is 3.71. The molecule has 13 heteroatoms. The summed E-state index contributed by atoms with van der Waals surface area (Å²) in [5.41, 5.74) is 4.06. The number of carboxylic acid groups (broad SMARTS) is 1. The Balaban J connectivity index is 1.12. The van der Waals surface area contributed by atoms with Crippen molar-refractivity contribution < 1.29 is 28.2 Å². The molecule has 2 aromatic carbocycles. The van der Waals surface area contributed by atoms with Crippen molar-refractivity contribution in [3.8, 4) is 28.4 Å². The van der Waals surface area contributed by atoms with E-state index in [0.717, 1.165) is 29.8 Å². The molecule has 0 aliphatic carbocycles. The Morgan fingerprint density at radius 2 is 1.93 bits per heavy atom. The van der Waals surface area contributed by atoms with Gasteiger partial charge in [-0.05, 0) is 54.4 Å². The fraction of sp³-hybridized carbons (Fsp3) is 0.242. The van der Waals surface area contributed by atoms with Gasteiger partial charge in [-0.25, -0.2) is 23.5 Å². The van der Waals surface area contributed by atoms with Crippen molar-refractivity contribution >= 4 is 17.0 Å². The topological polar surface area (TPSA) is 122 Å². The summed E-state index contributed by atoms with van der Waals surface area (Å²) in [6.45, 7) is 1.20. The molecule has 1 aliphatic rings. The largest absolute Gasteiger partial charge is 0.478 e. The molecule has 1 aliphatic heterocycles. The highest BCUT2D eigenvalue weighted by atomic mass is 19.1. The predicted molar refractivity (Wildman–Crippen MR) is 163 cm³/mol. The Hall–Kier alpha value is -5.43. The van der Waals surface area contributed by atoms with E-state index in [2.05, 4.69) is 20.2 Å². The number of carbonyl (C=O) groups is 1. The lowest BCUT2D eigenvalue weighted by molar-refractivity contribution is -0.0589. The van der Waals surface area contributed by atoms with Gasteiger partial charge in [-0.15, -0.1) is 0 Å². The van der Waals surface area contributed by atoms with Crippen LogP contribution in [0.2, 0.25) is 0 Å². The molecule has 1 N–H and O–H groups in total. The van der Waals surface area contributed by atoms with Gasteiger partial charge in [0.15, 0.2) is 0 Å². The first kappa shape index (κ1) is 29.3. The van der Waals surface area contributed by atoms with Crippen LogP contribution in [-0.4, -0.2) is 57.9 Å². The number of imidazole rings is 1. The summed E-state index contributed by atoms with van der Waals surface area (Å²) in [4.78, 5) is 20.7. The number of hydrogen-bond acceptors (Lipinski definition) is 7. The van der Waals surface area contributed by atoms with Crippen molar-refractivity contribution in [3.05, 3.63) is 101 Å². The van der Waals surface area contributed by atoms with Crippen LogP contribution >= 0.6 is 0 Å². The zero-order valence-electron chi connectivity index (χ0n) is 25.0. The molecule has 1 atom stereocenters. The lowest BCUT2D eigenvalue weighted by atomic mass is 10.0. The Bertz CT molecular complexity index is 2100. The molecule has 1 fully saturated rings. The number of nitrogens with zero attached hydrogens (tertiary/aromatic N) is 7. The summed E-state index contributed by atoms with van der Waals surface area (Å²) in [5.74, 6) is -1.61. The van der Waals surface area contributed by atoms with E-state index in [0.29, 0.717) is 35.7 Å². The fourth-order valence-corrected chi connectivity index (χ4v) is 5.58. The number of aromatic nitrogens is 7. The van der Waals surface area contributed by atoms with Gasteiger partial charge in [0.05, 0.1) is 46.8 Å².